The fraction of sp³-hybridized carbons (Fsp3) is 1.00. The minimum absolute atomic E-state index is 1.18. The fourth-order valence-corrected chi connectivity index (χ4v) is 3.98. The van der Waals surface area contributed by atoms with E-state index in [2.05, 4.69) is 0 Å². The van der Waals surface area contributed by atoms with Gasteiger partial charge in [0.15, 0.2) is 0 Å². The highest BCUT2D eigenvalue weighted by atomic mass is 16.9. The molecule has 4 nitrogen and oxygen atoms in total. The molecule has 0 amide bonds. The van der Waals surface area contributed by atoms with E-state index in [1.54, 1.807) is 38.5 Å². The van der Waals surface area contributed by atoms with Gasteiger partial charge in [-0.25, -0.2) is 0 Å². The molecular weight excluding hydrogens is 182 g/mol. The first-order valence-corrected chi connectivity index (χ1v) is 5.46. The molecule has 4 bridgehead atoms. The first-order chi connectivity index (χ1) is 6.63. The molecule has 4 aliphatic rings. The van der Waals surface area contributed by atoms with Gasteiger partial charge in [-0.15, -0.1) is 10.1 Å². The van der Waals surface area contributed by atoms with E-state index in [-0.39, 0.29) is 0 Å². The Morgan fingerprint density at radius 3 is 1.14 bits per heavy atom. The predicted molar refractivity (Wildman–Crippen MR) is 50.4 cm³/mol. The van der Waals surface area contributed by atoms with Crippen LogP contribution >= 0.6 is 0 Å². The summed E-state index contributed by atoms with van der Waals surface area (Å²) < 4.78 is 0. The van der Waals surface area contributed by atoms with Crippen molar-refractivity contribution in [2.45, 2.75) is 38.5 Å². The zero-order valence-corrected chi connectivity index (χ0v) is 8.26. The van der Waals surface area contributed by atoms with Crippen LogP contribution < -0.4 is 0 Å². The summed E-state index contributed by atoms with van der Waals surface area (Å²) in [6, 6.07) is 0. The van der Waals surface area contributed by atoms with Crippen molar-refractivity contribution in [3.63, 3.8) is 0 Å². The molecule has 0 aliphatic heterocycles. The lowest BCUT2D eigenvalue weighted by molar-refractivity contribution is -0.742. The van der Waals surface area contributed by atoms with Crippen molar-refractivity contribution in [1.29, 1.82) is 0 Å². The SMILES string of the molecule is C1C2CC3CC1CC(C2)C3.O=[N+]([O-])O. The van der Waals surface area contributed by atoms with Crippen molar-refractivity contribution >= 4 is 0 Å². The van der Waals surface area contributed by atoms with E-state index >= 15 is 0 Å². The average molecular weight is 199 g/mol. The Balaban J connectivity index is 0.000000165. The van der Waals surface area contributed by atoms with E-state index in [1.165, 1.54) is 23.7 Å². The second kappa shape index (κ2) is 3.75. The highest BCUT2D eigenvalue weighted by molar-refractivity contribution is 4.92. The summed E-state index contributed by atoms with van der Waals surface area (Å²) in [6.45, 7) is 0. The Morgan fingerprint density at radius 2 is 1.00 bits per heavy atom. The smallest absolute Gasteiger partial charge is 0.291 e. The van der Waals surface area contributed by atoms with Gasteiger partial charge < -0.3 is 5.21 Å². The molecule has 4 heteroatoms. The van der Waals surface area contributed by atoms with Crippen LogP contribution in [0.15, 0.2) is 0 Å². The second-order valence-electron chi connectivity index (χ2n) is 5.12. The quantitative estimate of drug-likeness (QED) is 0.481. The Hall–Kier alpha value is -0.800. The standard InChI is InChI=1S/C10H16.HNO3/c1-7-2-9-4-8(1)5-10(3-7)6-9;2-1(3)4/h7-10H,1-6H2;(H,2,3,4). The van der Waals surface area contributed by atoms with Crippen LogP contribution in [0.25, 0.3) is 0 Å². The average Bonchev–Trinajstić information content (AvgIpc) is 1.98. The third-order valence-electron chi connectivity index (χ3n) is 4.00. The van der Waals surface area contributed by atoms with E-state index in [9.17, 15) is 0 Å². The predicted octanol–water partition coefficient (Wildman–Crippen LogP) is 2.48. The Morgan fingerprint density at radius 1 is 0.857 bits per heavy atom. The lowest BCUT2D eigenvalue weighted by Gasteiger charge is -2.49. The first-order valence-electron chi connectivity index (χ1n) is 5.46. The molecule has 14 heavy (non-hydrogen) atoms. The van der Waals surface area contributed by atoms with E-state index < -0.39 is 5.09 Å². The van der Waals surface area contributed by atoms with E-state index in [1.807, 2.05) is 0 Å². The Bertz CT molecular complexity index is 169. The topological polar surface area (TPSA) is 63.4 Å². The lowest BCUT2D eigenvalue weighted by Crippen LogP contribution is -2.38. The highest BCUT2D eigenvalue weighted by Crippen LogP contribution is 2.53. The fourth-order valence-electron chi connectivity index (χ4n) is 3.98. The van der Waals surface area contributed by atoms with Gasteiger partial charge in [-0.05, 0) is 62.2 Å². The van der Waals surface area contributed by atoms with Crippen molar-refractivity contribution < 1.29 is 10.3 Å². The van der Waals surface area contributed by atoms with Gasteiger partial charge in [0.05, 0.1) is 0 Å². The summed E-state index contributed by atoms with van der Waals surface area (Å²) >= 11 is 0. The summed E-state index contributed by atoms with van der Waals surface area (Å²) in [6.07, 6.45) is 9.62. The summed E-state index contributed by atoms with van der Waals surface area (Å²) in [7, 11) is 0. The molecule has 0 unspecified atom stereocenters. The Kier molecular flexibility index (Phi) is 2.61. The van der Waals surface area contributed by atoms with Crippen LogP contribution in [-0.4, -0.2) is 10.3 Å². The first kappa shape index (κ1) is 9.74. The van der Waals surface area contributed by atoms with E-state index in [4.69, 9.17) is 15.3 Å². The van der Waals surface area contributed by atoms with Crippen LogP contribution in [0.4, 0.5) is 0 Å². The van der Waals surface area contributed by atoms with Gasteiger partial charge in [0.25, 0.3) is 5.09 Å². The van der Waals surface area contributed by atoms with Crippen molar-refractivity contribution in [2.24, 2.45) is 23.7 Å². The molecule has 0 saturated heterocycles. The molecule has 4 saturated carbocycles. The molecule has 4 aliphatic carbocycles. The largest absolute Gasteiger partial charge is 0.328 e. The molecule has 0 heterocycles. The molecule has 80 valence electrons. The molecule has 0 aromatic heterocycles. The van der Waals surface area contributed by atoms with Gasteiger partial charge in [0, 0.05) is 0 Å². The van der Waals surface area contributed by atoms with Crippen LogP contribution in [0.2, 0.25) is 0 Å². The highest BCUT2D eigenvalue weighted by Gasteiger charge is 2.41. The molecular formula is C10H17NO3. The number of hydrogen-bond acceptors (Lipinski definition) is 2. The maximum Gasteiger partial charge on any atom is 0.291 e. The Labute approximate surface area is 83.4 Å². The third-order valence-corrected chi connectivity index (χ3v) is 4.00. The monoisotopic (exact) mass is 199 g/mol. The van der Waals surface area contributed by atoms with Gasteiger partial charge in [-0.2, -0.15) is 0 Å². The molecule has 0 spiro atoms. The van der Waals surface area contributed by atoms with Crippen LogP contribution in [0.1, 0.15) is 38.5 Å². The molecule has 4 rings (SSSR count). The minimum Gasteiger partial charge on any atom is -0.328 e. The molecule has 4 fully saturated rings. The normalized spacial score (nSPS) is 42.9. The number of nitrogens with zero attached hydrogens (tertiary/aromatic N) is 1. The maximum atomic E-state index is 8.36. The van der Waals surface area contributed by atoms with Crippen LogP contribution in [0, 0.1) is 33.8 Å². The van der Waals surface area contributed by atoms with Gasteiger partial charge in [0.1, 0.15) is 0 Å². The summed E-state index contributed by atoms with van der Waals surface area (Å²) in [5.41, 5.74) is 0. The zero-order valence-electron chi connectivity index (χ0n) is 8.26. The lowest BCUT2D eigenvalue weighted by atomic mass is 9.56. The van der Waals surface area contributed by atoms with Crippen molar-refractivity contribution in [1.82, 2.24) is 0 Å². The molecule has 0 atom stereocenters. The molecule has 0 radical (unpaired) electrons. The second-order valence-corrected chi connectivity index (χ2v) is 5.12. The molecule has 1 N–H and O–H groups in total. The third kappa shape index (κ3) is 2.16. The van der Waals surface area contributed by atoms with E-state index in [0.29, 0.717) is 0 Å². The van der Waals surface area contributed by atoms with E-state index in [0.717, 1.165) is 0 Å². The van der Waals surface area contributed by atoms with Crippen molar-refractivity contribution in [2.75, 3.05) is 0 Å². The van der Waals surface area contributed by atoms with Crippen molar-refractivity contribution in [3.05, 3.63) is 10.1 Å². The van der Waals surface area contributed by atoms with Crippen LogP contribution in [-0.2, 0) is 0 Å². The summed E-state index contributed by atoms with van der Waals surface area (Å²) in [4.78, 5) is 8.36. The van der Waals surface area contributed by atoms with Gasteiger partial charge >= 0.3 is 0 Å². The minimum atomic E-state index is -1.50. The van der Waals surface area contributed by atoms with Gasteiger partial charge in [-0.3, -0.25) is 0 Å². The molecule has 0 aromatic rings. The van der Waals surface area contributed by atoms with Crippen molar-refractivity contribution in [3.8, 4) is 0 Å². The summed E-state index contributed by atoms with van der Waals surface area (Å²) in [5.74, 6) is 4.71. The summed E-state index contributed by atoms with van der Waals surface area (Å²) in [5, 5.41) is 13.6. The van der Waals surface area contributed by atoms with Gasteiger partial charge in [0.2, 0.25) is 0 Å². The zero-order chi connectivity index (χ0) is 10.1. The van der Waals surface area contributed by atoms with Crippen LogP contribution in [0.5, 0.6) is 0 Å². The maximum absolute atomic E-state index is 8.36. The van der Waals surface area contributed by atoms with Gasteiger partial charge in [-0.1, -0.05) is 0 Å². The van der Waals surface area contributed by atoms with Crippen LogP contribution in [0.3, 0.4) is 0 Å². The number of rotatable bonds is 0. The molecule has 0 aromatic carbocycles. The number of hydrogen-bond donors (Lipinski definition) is 1.